The summed E-state index contributed by atoms with van der Waals surface area (Å²) in [6, 6.07) is 5.62. The zero-order valence-corrected chi connectivity index (χ0v) is 18.2. The van der Waals surface area contributed by atoms with Crippen LogP contribution in [-0.2, 0) is 0 Å². The first-order chi connectivity index (χ1) is 14.8. The van der Waals surface area contributed by atoms with E-state index in [9.17, 15) is 5.11 Å². The number of pyridine rings is 2. The van der Waals surface area contributed by atoms with Gasteiger partial charge in [-0.2, -0.15) is 4.98 Å². The van der Waals surface area contributed by atoms with Gasteiger partial charge in [0.05, 0.1) is 25.6 Å². The maximum Gasteiger partial charge on any atom is 0.365 e. The molecule has 0 aromatic carbocycles. The smallest absolute Gasteiger partial charge is 0.365 e. The Bertz CT molecular complexity index is 1210. The van der Waals surface area contributed by atoms with E-state index in [0.29, 0.717) is 39.9 Å². The molecular weight excluding hydrogens is 394 g/mol. The molecule has 160 valence electrons. The Morgan fingerprint density at radius 3 is 2.68 bits per heavy atom. The van der Waals surface area contributed by atoms with Gasteiger partial charge in [-0.05, 0) is 24.5 Å². The summed E-state index contributed by atoms with van der Waals surface area (Å²) in [5.74, 6) is 1.84. The van der Waals surface area contributed by atoms with E-state index < -0.39 is 6.10 Å². The van der Waals surface area contributed by atoms with Crippen molar-refractivity contribution in [3.05, 3.63) is 48.3 Å². The van der Waals surface area contributed by atoms with E-state index in [4.69, 9.17) is 4.74 Å². The van der Waals surface area contributed by atoms with Crippen molar-refractivity contribution in [2.45, 2.75) is 33.8 Å². The predicted molar refractivity (Wildman–Crippen MR) is 117 cm³/mol. The first-order valence-electron chi connectivity index (χ1n) is 9.95. The summed E-state index contributed by atoms with van der Waals surface area (Å²) in [4.78, 5) is 24.1. The van der Waals surface area contributed by atoms with E-state index in [2.05, 4.69) is 35.2 Å². The van der Waals surface area contributed by atoms with Crippen molar-refractivity contribution >= 4 is 22.7 Å². The number of anilines is 2. The highest BCUT2D eigenvalue weighted by molar-refractivity contribution is 5.91. The van der Waals surface area contributed by atoms with Gasteiger partial charge in [0.1, 0.15) is 28.5 Å². The van der Waals surface area contributed by atoms with Gasteiger partial charge in [-0.1, -0.05) is 20.8 Å². The molecular formula is C22H26N7O2+. The second-order valence-corrected chi connectivity index (χ2v) is 8.42. The number of ether oxygens (including phenoxy) is 1. The predicted octanol–water partition coefficient (Wildman–Crippen LogP) is 3.37. The third kappa shape index (κ3) is 4.17. The molecule has 0 aliphatic heterocycles. The van der Waals surface area contributed by atoms with Crippen molar-refractivity contribution in [3.63, 3.8) is 0 Å². The SMILES string of the molecule is COc1ccc(Nc2ncc([C@H](O)C(C)(C)C)cc2-c2nc(C)nc3nc[nH]c23)c[nH+]1. The quantitative estimate of drug-likeness (QED) is 0.452. The molecule has 31 heavy (non-hydrogen) atoms. The van der Waals surface area contributed by atoms with Crippen LogP contribution < -0.4 is 15.0 Å². The highest BCUT2D eigenvalue weighted by atomic mass is 16.5. The number of rotatable bonds is 5. The number of H-pyrrole nitrogens is 2. The van der Waals surface area contributed by atoms with Gasteiger partial charge in [-0.15, -0.1) is 0 Å². The van der Waals surface area contributed by atoms with Gasteiger partial charge in [0.15, 0.2) is 11.8 Å². The molecule has 0 saturated heterocycles. The molecule has 0 spiro atoms. The lowest BCUT2D eigenvalue weighted by Crippen LogP contribution is -2.18. The van der Waals surface area contributed by atoms with Gasteiger partial charge in [-0.25, -0.2) is 19.9 Å². The van der Waals surface area contributed by atoms with Crippen molar-refractivity contribution in [2.24, 2.45) is 5.41 Å². The summed E-state index contributed by atoms with van der Waals surface area (Å²) >= 11 is 0. The molecule has 0 fully saturated rings. The van der Waals surface area contributed by atoms with Crippen molar-refractivity contribution in [2.75, 3.05) is 12.4 Å². The number of nitrogens with zero attached hydrogens (tertiary/aromatic N) is 4. The Labute approximate surface area is 180 Å². The number of methoxy groups -OCH3 is 1. The van der Waals surface area contributed by atoms with Gasteiger partial charge >= 0.3 is 5.88 Å². The lowest BCUT2D eigenvalue weighted by Gasteiger charge is -2.26. The second-order valence-electron chi connectivity index (χ2n) is 8.42. The molecule has 9 heteroatoms. The number of aliphatic hydroxyl groups excluding tert-OH is 1. The zero-order valence-electron chi connectivity index (χ0n) is 18.2. The molecule has 0 unspecified atom stereocenters. The summed E-state index contributed by atoms with van der Waals surface area (Å²) in [5, 5.41) is 14.2. The fourth-order valence-corrected chi connectivity index (χ4v) is 3.30. The van der Waals surface area contributed by atoms with E-state index in [1.54, 1.807) is 25.8 Å². The van der Waals surface area contributed by atoms with E-state index in [-0.39, 0.29) is 5.41 Å². The fourth-order valence-electron chi connectivity index (χ4n) is 3.30. The number of hydrogen-bond acceptors (Lipinski definition) is 7. The Kier molecular flexibility index (Phi) is 5.28. The van der Waals surface area contributed by atoms with Crippen LogP contribution in [0.4, 0.5) is 11.5 Å². The van der Waals surface area contributed by atoms with E-state index in [1.165, 1.54) is 0 Å². The Balaban J connectivity index is 1.87. The van der Waals surface area contributed by atoms with Crippen LogP contribution in [0.15, 0.2) is 36.9 Å². The second kappa shape index (κ2) is 7.92. The van der Waals surface area contributed by atoms with Crippen molar-refractivity contribution in [3.8, 4) is 17.1 Å². The molecule has 4 aromatic heterocycles. The summed E-state index contributed by atoms with van der Waals surface area (Å²) in [6.45, 7) is 7.78. The number of aromatic amines is 2. The minimum absolute atomic E-state index is 0.344. The van der Waals surface area contributed by atoms with Crippen LogP contribution in [-0.4, -0.2) is 37.1 Å². The highest BCUT2D eigenvalue weighted by Crippen LogP contribution is 2.37. The number of aliphatic hydroxyl groups is 1. The molecule has 0 bridgehead atoms. The Hall–Kier alpha value is -3.59. The van der Waals surface area contributed by atoms with E-state index in [1.807, 2.05) is 45.9 Å². The van der Waals surface area contributed by atoms with Crippen LogP contribution in [0.3, 0.4) is 0 Å². The molecule has 1 atom stereocenters. The maximum absolute atomic E-state index is 10.9. The average Bonchev–Trinajstić information content (AvgIpc) is 3.21. The van der Waals surface area contributed by atoms with Crippen molar-refractivity contribution < 1.29 is 14.8 Å². The number of imidazole rings is 1. The van der Waals surface area contributed by atoms with Crippen LogP contribution in [0.2, 0.25) is 0 Å². The van der Waals surface area contributed by atoms with Gasteiger partial charge < -0.3 is 20.1 Å². The minimum Gasteiger partial charge on any atom is -0.448 e. The van der Waals surface area contributed by atoms with Crippen molar-refractivity contribution in [1.29, 1.82) is 0 Å². The number of nitrogens with one attached hydrogen (secondary N) is 3. The van der Waals surface area contributed by atoms with Gasteiger partial charge in [0.25, 0.3) is 0 Å². The lowest BCUT2D eigenvalue weighted by atomic mass is 9.85. The average molecular weight is 420 g/mol. The summed E-state index contributed by atoms with van der Waals surface area (Å²) in [6.07, 6.45) is 4.38. The molecule has 4 aromatic rings. The van der Waals surface area contributed by atoms with E-state index >= 15 is 0 Å². The molecule has 0 saturated carbocycles. The normalized spacial score (nSPS) is 12.7. The Morgan fingerprint density at radius 2 is 2.00 bits per heavy atom. The maximum atomic E-state index is 10.9. The third-order valence-corrected chi connectivity index (χ3v) is 4.96. The van der Waals surface area contributed by atoms with Crippen LogP contribution in [0.25, 0.3) is 22.4 Å². The molecule has 9 nitrogen and oxygen atoms in total. The molecule has 4 N–H and O–H groups in total. The topological polar surface area (TPSA) is 123 Å². The monoisotopic (exact) mass is 420 g/mol. The number of hydrogen-bond donors (Lipinski definition) is 3. The van der Waals surface area contributed by atoms with Crippen LogP contribution in [0.5, 0.6) is 5.88 Å². The van der Waals surface area contributed by atoms with Crippen LogP contribution in [0, 0.1) is 12.3 Å². The van der Waals surface area contributed by atoms with Gasteiger partial charge in [0, 0.05) is 17.3 Å². The number of aryl methyl sites for hydroxylation is 1. The van der Waals surface area contributed by atoms with Crippen LogP contribution in [0.1, 0.15) is 38.3 Å². The first-order valence-corrected chi connectivity index (χ1v) is 9.95. The van der Waals surface area contributed by atoms with Crippen molar-refractivity contribution in [1.82, 2.24) is 24.9 Å². The first kappa shape index (κ1) is 20.7. The molecule has 0 aliphatic carbocycles. The zero-order chi connectivity index (χ0) is 22.2. The Morgan fingerprint density at radius 1 is 1.19 bits per heavy atom. The fraction of sp³-hybridized carbons (Fsp3) is 0.318. The lowest BCUT2D eigenvalue weighted by molar-refractivity contribution is -0.392. The molecule has 0 aliphatic rings. The molecule has 4 heterocycles. The highest BCUT2D eigenvalue weighted by Gasteiger charge is 2.26. The molecule has 4 rings (SSSR count). The van der Waals surface area contributed by atoms with Gasteiger partial charge in [-0.3, -0.25) is 0 Å². The third-order valence-electron chi connectivity index (χ3n) is 4.96. The van der Waals surface area contributed by atoms with Gasteiger partial charge in [0.2, 0.25) is 0 Å². The largest absolute Gasteiger partial charge is 0.448 e. The number of aromatic nitrogens is 6. The standard InChI is InChI=1S/C22H25N7O2/c1-12-27-17(18-21(28-12)26-11-25-18)15-8-13(19(30)22(2,3)4)9-24-20(15)29-14-6-7-16(31-5)23-10-14/h6-11,19,30H,1-5H3,(H,24,29)(H,25,26,27,28)/p+1/t19-/m0/s1. The molecule has 0 radical (unpaired) electrons. The van der Waals surface area contributed by atoms with Crippen LogP contribution >= 0.6 is 0 Å². The summed E-state index contributed by atoms with van der Waals surface area (Å²) in [5.41, 5.74) is 3.84. The minimum atomic E-state index is -0.692. The summed E-state index contributed by atoms with van der Waals surface area (Å²) in [7, 11) is 1.60. The molecule has 0 amide bonds. The summed E-state index contributed by atoms with van der Waals surface area (Å²) < 4.78 is 5.18. The number of fused-ring (bicyclic) bond motifs is 1. The van der Waals surface area contributed by atoms with E-state index in [0.717, 1.165) is 11.3 Å².